The van der Waals surface area contributed by atoms with Crippen LogP contribution in [0.3, 0.4) is 0 Å². The first-order valence-corrected chi connectivity index (χ1v) is 4.11. The number of nitrogens with zero attached hydrogens (tertiary/aromatic N) is 2. The summed E-state index contributed by atoms with van der Waals surface area (Å²) in [4.78, 5) is 22.9. The highest BCUT2D eigenvalue weighted by Gasteiger charge is 2.95. The maximum Gasteiger partial charge on any atom is 0.249 e. The molecule has 2 rings (SSSR count). The van der Waals surface area contributed by atoms with Gasteiger partial charge >= 0.3 is 0 Å². The maximum absolute atomic E-state index is 11.5. The van der Waals surface area contributed by atoms with Crippen LogP contribution in [0.5, 0.6) is 0 Å². The minimum atomic E-state index is -1.48. The second kappa shape index (κ2) is 1.80. The molecule has 0 aromatic carbocycles. The van der Waals surface area contributed by atoms with Gasteiger partial charge in [0.05, 0.1) is 12.1 Å². The Morgan fingerprint density at radius 1 is 1.07 bits per heavy atom. The Hall–Kier alpha value is -1.88. The standard InChI is InChI=1S/C9H7N3O2/c1-7(2)8(3-10)5(13)12-6(14)9(7,8)4-11/h1-2H3,(H,12,13,14)/t8-,9+. The van der Waals surface area contributed by atoms with Gasteiger partial charge in [0, 0.05) is 5.41 Å². The molecular formula is C9H7N3O2. The first-order valence-electron chi connectivity index (χ1n) is 4.11. The van der Waals surface area contributed by atoms with Gasteiger partial charge in [0.2, 0.25) is 11.8 Å². The molecule has 1 heterocycles. The summed E-state index contributed by atoms with van der Waals surface area (Å²) in [6.45, 7) is 3.19. The van der Waals surface area contributed by atoms with Crippen LogP contribution in [0.1, 0.15) is 13.8 Å². The van der Waals surface area contributed by atoms with Crippen LogP contribution >= 0.6 is 0 Å². The lowest BCUT2D eigenvalue weighted by molar-refractivity contribution is -0.130. The molecule has 14 heavy (non-hydrogen) atoms. The number of amides is 2. The van der Waals surface area contributed by atoms with Gasteiger partial charge in [-0.25, -0.2) is 0 Å². The van der Waals surface area contributed by atoms with E-state index in [1.165, 1.54) is 0 Å². The normalized spacial score (nSPS) is 42.0. The number of rotatable bonds is 0. The highest BCUT2D eigenvalue weighted by atomic mass is 16.2. The van der Waals surface area contributed by atoms with E-state index in [0.717, 1.165) is 0 Å². The lowest BCUT2D eigenvalue weighted by atomic mass is 9.96. The molecule has 0 spiro atoms. The molecule has 5 heteroatoms. The third-order valence-corrected chi connectivity index (χ3v) is 3.62. The minimum absolute atomic E-state index is 0.642. The van der Waals surface area contributed by atoms with E-state index in [1.54, 1.807) is 13.8 Å². The molecule has 1 aliphatic heterocycles. The fourth-order valence-corrected chi connectivity index (χ4v) is 2.62. The van der Waals surface area contributed by atoms with Crippen LogP contribution in [0.4, 0.5) is 0 Å². The van der Waals surface area contributed by atoms with E-state index in [4.69, 9.17) is 10.5 Å². The van der Waals surface area contributed by atoms with E-state index in [0.29, 0.717) is 0 Å². The number of fused-ring (bicyclic) bond motifs is 1. The van der Waals surface area contributed by atoms with Gasteiger partial charge in [-0.05, 0) is 0 Å². The Morgan fingerprint density at radius 3 is 1.64 bits per heavy atom. The van der Waals surface area contributed by atoms with Crippen molar-refractivity contribution in [3.8, 4) is 12.1 Å². The molecule has 1 saturated heterocycles. The zero-order valence-electron chi connectivity index (χ0n) is 7.71. The summed E-state index contributed by atoms with van der Waals surface area (Å²) >= 11 is 0. The average Bonchev–Trinajstić information content (AvgIpc) is 2.43. The van der Waals surface area contributed by atoms with Crippen molar-refractivity contribution in [1.82, 2.24) is 5.32 Å². The number of carbonyl (C=O) groups is 2. The molecule has 1 aliphatic carbocycles. The molecule has 70 valence electrons. The molecule has 0 aromatic heterocycles. The fourth-order valence-electron chi connectivity index (χ4n) is 2.62. The number of hydrogen-bond donors (Lipinski definition) is 1. The van der Waals surface area contributed by atoms with E-state index >= 15 is 0 Å². The molecule has 0 unspecified atom stereocenters. The summed E-state index contributed by atoms with van der Waals surface area (Å²) in [6.07, 6.45) is 0. The highest BCUT2D eigenvalue weighted by molar-refractivity contribution is 6.19. The van der Waals surface area contributed by atoms with E-state index in [-0.39, 0.29) is 0 Å². The molecule has 1 saturated carbocycles. The van der Waals surface area contributed by atoms with E-state index < -0.39 is 28.1 Å². The molecule has 2 fully saturated rings. The van der Waals surface area contributed by atoms with Crippen molar-refractivity contribution in [2.45, 2.75) is 13.8 Å². The van der Waals surface area contributed by atoms with Crippen molar-refractivity contribution >= 4 is 11.8 Å². The van der Waals surface area contributed by atoms with Gasteiger partial charge in [0.15, 0.2) is 10.8 Å². The zero-order chi connectivity index (χ0) is 10.8. The Bertz CT molecular complexity index is 414. The van der Waals surface area contributed by atoms with Gasteiger partial charge in [0.25, 0.3) is 0 Å². The molecule has 5 nitrogen and oxygen atoms in total. The monoisotopic (exact) mass is 189 g/mol. The lowest BCUT2D eigenvalue weighted by Crippen LogP contribution is -2.35. The molecule has 2 amide bonds. The number of nitrogens with one attached hydrogen (secondary N) is 1. The molecule has 2 atom stereocenters. The largest absolute Gasteiger partial charge is 0.293 e. The SMILES string of the molecule is CC1(C)[C@]2(C#N)C(=O)NC(=O)[C@]12C#N. The van der Waals surface area contributed by atoms with Crippen molar-refractivity contribution in [3.05, 3.63) is 0 Å². The summed E-state index contributed by atoms with van der Waals surface area (Å²) in [6, 6.07) is 3.64. The molecule has 2 aliphatic rings. The quantitative estimate of drug-likeness (QED) is 0.529. The lowest BCUT2D eigenvalue weighted by Gasteiger charge is -2.10. The summed E-state index contributed by atoms with van der Waals surface area (Å²) in [5, 5.41) is 20.0. The van der Waals surface area contributed by atoms with Crippen LogP contribution in [0.2, 0.25) is 0 Å². The second-order valence-corrected chi connectivity index (χ2v) is 4.13. The summed E-state index contributed by atoms with van der Waals surface area (Å²) in [7, 11) is 0. The van der Waals surface area contributed by atoms with Crippen LogP contribution in [-0.4, -0.2) is 11.8 Å². The van der Waals surface area contributed by atoms with E-state index in [1.807, 2.05) is 17.5 Å². The summed E-state index contributed by atoms with van der Waals surface area (Å²) in [5.74, 6) is -1.28. The van der Waals surface area contributed by atoms with E-state index in [2.05, 4.69) is 0 Å². The summed E-state index contributed by atoms with van der Waals surface area (Å²) < 4.78 is 0. The van der Waals surface area contributed by atoms with Crippen molar-refractivity contribution in [1.29, 1.82) is 10.5 Å². The molecule has 0 radical (unpaired) electrons. The van der Waals surface area contributed by atoms with Crippen molar-refractivity contribution < 1.29 is 9.59 Å². The van der Waals surface area contributed by atoms with Gasteiger partial charge in [-0.2, -0.15) is 10.5 Å². The number of carbonyl (C=O) groups excluding carboxylic acids is 2. The Kier molecular flexibility index (Phi) is 1.12. The smallest absolute Gasteiger partial charge is 0.249 e. The first kappa shape index (κ1) is 8.71. The summed E-state index contributed by atoms with van der Waals surface area (Å²) in [5.41, 5.74) is -3.85. The van der Waals surface area contributed by atoms with Crippen molar-refractivity contribution in [2.75, 3.05) is 0 Å². The Labute approximate surface area is 80.3 Å². The molecule has 0 bridgehead atoms. The van der Waals surface area contributed by atoms with Gasteiger partial charge in [0.1, 0.15) is 0 Å². The van der Waals surface area contributed by atoms with Crippen LogP contribution in [0, 0.1) is 38.9 Å². The minimum Gasteiger partial charge on any atom is -0.293 e. The van der Waals surface area contributed by atoms with Gasteiger partial charge < -0.3 is 0 Å². The van der Waals surface area contributed by atoms with E-state index in [9.17, 15) is 9.59 Å². The molecule has 0 aromatic rings. The second-order valence-electron chi connectivity index (χ2n) is 4.13. The Morgan fingerprint density at radius 2 is 1.43 bits per heavy atom. The topological polar surface area (TPSA) is 93.8 Å². The van der Waals surface area contributed by atoms with Gasteiger partial charge in [-0.3, -0.25) is 14.9 Å². The molecular weight excluding hydrogens is 182 g/mol. The fraction of sp³-hybridized carbons (Fsp3) is 0.556. The number of imide groups is 1. The first-order chi connectivity index (χ1) is 6.42. The van der Waals surface area contributed by atoms with Crippen molar-refractivity contribution in [2.24, 2.45) is 16.2 Å². The average molecular weight is 189 g/mol. The van der Waals surface area contributed by atoms with Crippen LogP contribution in [0.25, 0.3) is 0 Å². The number of nitriles is 2. The predicted molar refractivity (Wildman–Crippen MR) is 43.0 cm³/mol. The third kappa shape index (κ3) is 0.413. The maximum atomic E-state index is 11.5. The zero-order valence-corrected chi connectivity index (χ0v) is 7.71. The number of piperidine rings is 1. The highest BCUT2D eigenvalue weighted by Crippen LogP contribution is 2.79. The number of hydrogen-bond acceptors (Lipinski definition) is 4. The molecule has 1 N–H and O–H groups in total. The van der Waals surface area contributed by atoms with Crippen LogP contribution in [-0.2, 0) is 9.59 Å². The van der Waals surface area contributed by atoms with Crippen LogP contribution < -0.4 is 5.32 Å². The van der Waals surface area contributed by atoms with Gasteiger partial charge in [-0.15, -0.1) is 0 Å². The Balaban J connectivity index is 2.74. The third-order valence-electron chi connectivity index (χ3n) is 3.62. The van der Waals surface area contributed by atoms with Crippen LogP contribution in [0.15, 0.2) is 0 Å². The predicted octanol–water partition coefficient (Wildman–Crippen LogP) is -0.297. The van der Waals surface area contributed by atoms with Crippen molar-refractivity contribution in [3.63, 3.8) is 0 Å². The van der Waals surface area contributed by atoms with Gasteiger partial charge in [-0.1, -0.05) is 13.8 Å².